The molecule has 0 saturated carbocycles. The van der Waals surface area contributed by atoms with Gasteiger partial charge in [-0.15, -0.1) is 0 Å². The van der Waals surface area contributed by atoms with Crippen LogP contribution in [-0.4, -0.2) is 11.0 Å². The summed E-state index contributed by atoms with van der Waals surface area (Å²) >= 11 is 0. The quantitative estimate of drug-likeness (QED) is 0.914. The van der Waals surface area contributed by atoms with Crippen LogP contribution in [0.25, 0.3) is 11.1 Å². The summed E-state index contributed by atoms with van der Waals surface area (Å²) in [5.41, 5.74) is 5.68. The fourth-order valence-corrected chi connectivity index (χ4v) is 1.96. The minimum absolute atomic E-state index is 0.00604. The van der Waals surface area contributed by atoms with Gasteiger partial charge in [-0.1, -0.05) is 18.2 Å². The van der Waals surface area contributed by atoms with Crippen molar-refractivity contribution in [3.8, 4) is 16.9 Å². The van der Waals surface area contributed by atoms with Gasteiger partial charge in [0.1, 0.15) is 5.75 Å². The van der Waals surface area contributed by atoms with E-state index in [1.807, 2.05) is 0 Å². The van der Waals surface area contributed by atoms with Gasteiger partial charge in [-0.05, 0) is 35.4 Å². The van der Waals surface area contributed by atoms with E-state index in [0.29, 0.717) is 16.7 Å². The second kappa shape index (κ2) is 5.47. The second-order valence-electron chi connectivity index (χ2n) is 4.57. The lowest BCUT2D eigenvalue weighted by Gasteiger charge is -2.10. The Balaban J connectivity index is 2.39. The molecular formula is C15H12F3NO2. The van der Waals surface area contributed by atoms with Gasteiger partial charge >= 0.3 is 6.18 Å². The van der Waals surface area contributed by atoms with Gasteiger partial charge in [0.05, 0.1) is 12.0 Å². The van der Waals surface area contributed by atoms with Crippen LogP contribution in [-0.2, 0) is 17.4 Å². The molecule has 0 aromatic heterocycles. The topological polar surface area (TPSA) is 63.3 Å². The van der Waals surface area contributed by atoms with E-state index in [4.69, 9.17) is 5.73 Å². The number of carbonyl (C=O) groups excluding carboxylic acids is 1. The van der Waals surface area contributed by atoms with Crippen molar-refractivity contribution in [3.63, 3.8) is 0 Å². The highest BCUT2D eigenvalue weighted by molar-refractivity contribution is 5.78. The van der Waals surface area contributed by atoms with E-state index in [1.165, 1.54) is 30.3 Å². The molecule has 0 aliphatic heterocycles. The zero-order valence-electron chi connectivity index (χ0n) is 10.8. The molecule has 0 unspecified atom stereocenters. The molecule has 1 amide bonds. The summed E-state index contributed by atoms with van der Waals surface area (Å²) in [5, 5.41) is 9.81. The number of carbonyl (C=O) groups is 1. The number of hydrogen-bond acceptors (Lipinski definition) is 2. The van der Waals surface area contributed by atoms with Crippen LogP contribution in [0.15, 0.2) is 42.5 Å². The molecule has 0 aliphatic carbocycles. The highest BCUT2D eigenvalue weighted by Crippen LogP contribution is 2.34. The van der Waals surface area contributed by atoms with Crippen molar-refractivity contribution in [2.75, 3.05) is 0 Å². The van der Waals surface area contributed by atoms with Crippen molar-refractivity contribution in [1.29, 1.82) is 0 Å². The molecule has 0 radical (unpaired) electrons. The Bertz CT molecular complexity index is 664. The van der Waals surface area contributed by atoms with Gasteiger partial charge in [-0.2, -0.15) is 13.2 Å². The number of primary amides is 1. The predicted octanol–water partition coefficient (Wildman–Crippen LogP) is 3.11. The van der Waals surface area contributed by atoms with E-state index >= 15 is 0 Å². The van der Waals surface area contributed by atoms with Crippen LogP contribution in [0.1, 0.15) is 11.1 Å². The fraction of sp³-hybridized carbons (Fsp3) is 0.133. The first-order valence-corrected chi connectivity index (χ1v) is 6.05. The molecule has 2 aromatic carbocycles. The first-order chi connectivity index (χ1) is 9.77. The number of phenolic OH excluding ortho intramolecular Hbond substituents is 1. The highest BCUT2D eigenvalue weighted by atomic mass is 19.4. The predicted molar refractivity (Wildman–Crippen MR) is 71.4 cm³/mol. The normalized spacial score (nSPS) is 11.4. The maximum absolute atomic E-state index is 12.5. The first-order valence-electron chi connectivity index (χ1n) is 6.05. The minimum Gasteiger partial charge on any atom is -0.507 e. The number of nitrogens with two attached hydrogens (primary N) is 1. The third-order valence-electron chi connectivity index (χ3n) is 2.96. The van der Waals surface area contributed by atoms with E-state index in [0.717, 1.165) is 12.1 Å². The molecule has 110 valence electrons. The number of alkyl halides is 3. The molecule has 2 aromatic rings. The SMILES string of the molecule is NC(=O)Cc1ccc(O)c(-c2ccc(C(F)(F)F)cc2)c1. The molecule has 3 N–H and O–H groups in total. The van der Waals surface area contributed by atoms with Crippen LogP contribution in [0.4, 0.5) is 13.2 Å². The van der Waals surface area contributed by atoms with Crippen molar-refractivity contribution in [3.05, 3.63) is 53.6 Å². The Hall–Kier alpha value is -2.50. The van der Waals surface area contributed by atoms with E-state index in [1.54, 1.807) is 0 Å². The Labute approximate surface area is 118 Å². The van der Waals surface area contributed by atoms with Crippen molar-refractivity contribution >= 4 is 5.91 Å². The summed E-state index contributed by atoms with van der Waals surface area (Å²) in [6.07, 6.45) is -4.41. The summed E-state index contributed by atoms with van der Waals surface area (Å²) in [4.78, 5) is 10.9. The van der Waals surface area contributed by atoms with Crippen LogP contribution in [0, 0.1) is 0 Å². The van der Waals surface area contributed by atoms with Crippen LogP contribution in [0.3, 0.4) is 0 Å². The molecule has 0 heterocycles. The lowest BCUT2D eigenvalue weighted by Crippen LogP contribution is -2.13. The molecule has 6 heteroatoms. The van der Waals surface area contributed by atoms with Gasteiger partial charge in [0.25, 0.3) is 0 Å². The standard InChI is InChI=1S/C15H12F3NO2/c16-15(17,18)11-4-2-10(3-5-11)12-7-9(8-14(19)21)1-6-13(12)20/h1-7,20H,8H2,(H2,19,21). The summed E-state index contributed by atoms with van der Waals surface area (Å²) in [7, 11) is 0. The number of halogens is 3. The van der Waals surface area contributed by atoms with Gasteiger partial charge in [0.15, 0.2) is 0 Å². The van der Waals surface area contributed by atoms with Gasteiger partial charge in [-0.25, -0.2) is 0 Å². The zero-order valence-corrected chi connectivity index (χ0v) is 10.8. The van der Waals surface area contributed by atoms with Crippen molar-refractivity contribution in [1.82, 2.24) is 0 Å². The number of hydrogen-bond donors (Lipinski definition) is 2. The molecule has 0 spiro atoms. The molecule has 3 nitrogen and oxygen atoms in total. The Morgan fingerprint density at radius 3 is 2.24 bits per heavy atom. The van der Waals surface area contributed by atoms with E-state index < -0.39 is 17.6 Å². The second-order valence-corrected chi connectivity index (χ2v) is 4.57. The van der Waals surface area contributed by atoms with Crippen molar-refractivity contribution in [2.24, 2.45) is 5.73 Å². The third kappa shape index (κ3) is 3.53. The molecule has 0 aliphatic rings. The van der Waals surface area contributed by atoms with Gasteiger partial charge in [-0.3, -0.25) is 4.79 Å². The van der Waals surface area contributed by atoms with Gasteiger partial charge in [0.2, 0.25) is 5.91 Å². The number of phenols is 1. The number of amides is 1. The summed E-state index contributed by atoms with van der Waals surface area (Å²) < 4.78 is 37.5. The summed E-state index contributed by atoms with van der Waals surface area (Å²) in [5.74, 6) is -0.609. The van der Waals surface area contributed by atoms with Crippen molar-refractivity contribution in [2.45, 2.75) is 12.6 Å². The summed E-state index contributed by atoms with van der Waals surface area (Å²) in [6.45, 7) is 0. The summed E-state index contributed by atoms with van der Waals surface area (Å²) in [6, 6.07) is 8.87. The molecule has 21 heavy (non-hydrogen) atoms. The number of benzene rings is 2. The zero-order chi connectivity index (χ0) is 15.6. The number of rotatable bonds is 3. The van der Waals surface area contributed by atoms with Gasteiger partial charge in [0, 0.05) is 5.56 Å². The van der Waals surface area contributed by atoms with E-state index in [-0.39, 0.29) is 12.2 Å². The molecule has 0 fully saturated rings. The lowest BCUT2D eigenvalue weighted by atomic mass is 9.99. The molecular weight excluding hydrogens is 283 g/mol. The first kappa shape index (κ1) is 14.9. The molecule has 0 saturated heterocycles. The average Bonchev–Trinajstić information content (AvgIpc) is 2.39. The van der Waals surface area contributed by atoms with Crippen LogP contribution in [0.5, 0.6) is 5.75 Å². The smallest absolute Gasteiger partial charge is 0.416 e. The average molecular weight is 295 g/mol. The minimum atomic E-state index is -4.41. The number of aromatic hydroxyl groups is 1. The fourth-order valence-electron chi connectivity index (χ4n) is 1.96. The van der Waals surface area contributed by atoms with Crippen LogP contribution >= 0.6 is 0 Å². The Morgan fingerprint density at radius 2 is 1.71 bits per heavy atom. The molecule has 2 rings (SSSR count). The molecule has 0 atom stereocenters. The largest absolute Gasteiger partial charge is 0.507 e. The third-order valence-corrected chi connectivity index (χ3v) is 2.96. The van der Waals surface area contributed by atoms with E-state index in [9.17, 15) is 23.1 Å². The monoisotopic (exact) mass is 295 g/mol. The van der Waals surface area contributed by atoms with Crippen molar-refractivity contribution < 1.29 is 23.1 Å². The molecule has 0 bridgehead atoms. The van der Waals surface area contributed by atoms with Crippen LogP contribution < -0.4 is 5.73 Å². The maximum atomic E-state index is 12.5. The Kier molecular flexibility index (Phi) is 3.88. The van der Waals surface area contributed by atoms with Gasteiger partial charge < -0.3 is 10.8 Å². The van der Waals surface area contributed by atoms with E-state index in [2.05, 4.69) is 0 Å². The lowest BCUT2D eigenvalue weighted by molar-refractivity contribution is -0.137. The van der Waals surface area contributed by atoms with Crippen LogP contribution in [0.2, 0.25) is 0 Å². The maximum Gasteiger partial charge on any atom is 0.416 e. The Morgan fingerprint density at radius 1 is 1.10 bits per heavy atom. The highest BCUT2D eigenvalue weighted by Gasteiger charge is 2.30.